The molecule has 0 amide bonds. The topological polar surface area (TPSA) is 79.4 Å². The first-order chi connectivity index (χ1) is 11.5. The predicted octanol–water partition coefficient (Wildman–Crippen LogP) is 3.69. The molecule has 0 aliphatic carbocycles. The third kappa shape index (κ3) is 2.86. The molecular weight excluding hydrogens is 330 g/mol. The molecule has 2 N–H and O–H groups in total. The van der Waals surface area contributed by atoms with E-state index in [0.29, 0.717) is 32.8 Å². The van der Waals surface area contributed by atoms with Crippen LogP contribution in [0.4, 0.5) is 0 Å². The van der Waals surface area contributed by atoms with Gasteiger partial charge < -0.3 is 14.8 Å². The number of carbonyl (C=O) groups excluding carboxylic acids is 1. The minimum atomic E-state index is -1.01. The summed E-state index contributed by atoms with van der Waals surface area (Å²) >= 11 is 5.85. The number of hydrogen-bond acceptors (Lipinski definition) is 3. The Bertz CT molecular complexity index is 928. The maximum Gasteiger partial charge on any atom is 0.307 e. The zero-order chi connectivity index (χ0) is 17.3. The number of halogens is 1. The Morgan fingerprint density at radius 3 is 2.50 bits per heavy atom. The number of rotatable bonds is 5. The van der Waals surface area contributed by atoms with Gasteiger partial charge >= 0.3 is 5.97 Å². The maximum atomic E-state index is 12.8. The molecular formula is C18H14ClNO4. The van der Waals surface area contributed by atoms with Gasteiger partial charge in [0, 0.05) is 21.5 Å². The van der Waals surface area contributed by atoms with Gasteiger partial charge in [-0.2, -0.15) is 0 Å². The average molecular weight is 344 g/mol. The number of aliphatic carboxylic acids is 1. The van der Waals surface area contributed by atoms with Crippen LogP contribution in [0.1, 0.15) is 21.6 Å². The number of carboxylic acids is 1. The zero-order valence-electron chi connectivity index (χ0n) is 12.8. The minimum absolute atomic E-state index is 0.249. The lowest BCUT2D eigenvalue weighted by molar-refractivity contribution is -0.136. The lowest BCUT2D eigenvalue weighted by Gasteiger charge is -2.03. The van der Waals surface area contributed by atoms with Crippen molar-refractivity contribution in [3.63, 3.8) is 0 Å². The molecule has 0 aliphatic heterocycles. The summed E-state index contributed by atoms with van der Waals surface area (Å²) in [6, 6.07) is 11.7. The second-order valence-electron chi connectivity index (χ2n) is 5.27. The summed E-state index contributed by atoms with van der Waals surface area (Å²) in [6.07, 6.45) is -0.262. The zero-order valence-corrected chi connectivity index (χ0v) is 13.6. The maximum absolute atomic E-state index is 12.8. The van der Waals surface area contributed by atoms with Crippen LogP contribution in [-0.4, -0.2) is 29.0 Å². The Kier molecular flexibility index (Phi) is 4.27. The van der Waals surface area contributed by atoms with Crippen molar-refractivity contribution in [2.75, 3.05) is 7.11 Å². The molecule has 0 unspecified atom stereocenters. The van der Waals surface area contributed by atoms with Crippen LogP contribution in [0.25, 0.3) is 10.9 Å². The number of ketones is 1. The normalized spacial score (nSPS) is 10.8. The fourth-order valence-electron chi connectivity index (χ4n) is 2.69. The van der Waals surface area contributed by atoms with E-state index in [1.165, 1.54) is 7.11 Å². The molecule has 122 valence electrons. The number of para-hydroxylation sites is 1. The third-order valence-electron chi connectivity index (χ3n) is 3.78. The van der Waals surface area contributed by atoms with Crippen LogP contribution >= 0.6 is 11.6 Å². The number of benzene rings is 2. The van der Waals surface area contributed by atoms with E-state index < -0.39 is 5.97 Å². The van der Waals surface area contributed by atoms with E-state index in [0.717, 1.165) is 0 Å². The van der Waals surface area contributed by atoms with E-state index in [1.54, 1.807) is 42.5 Å². The molecule has 0 saturated carbocycles. The summed E-state index contributed by atoms with van der Waals surface area (Å²) in [4.78, 5) is 27.1. The Labute approximate surface area is 142 Å². The van der Waals surface area contributed by atoms with Gasteiger partial charge in [0.05, 0.1) is 24.7 Å². The number of aromatic amines is 1. The fourth-order valence-corrected chi connectivity index (χ4v) is 2.82. The Morgan fingerprint density at radius 2 is 1.88 bits per heavy atom. The number of nitrogens with one attached hydrogen (secondary N) is 1. The molecule has 2 aromatic carbocycles. The van der Waals surface area contributed by atoms with Crippen molar-refractivity contribution < 1.29 is 19.4 Å². The summed E-state index contributed by atoms with van der Waals surface area (Å²) in [6.45, 7) is 0. The molecule has 6 heteroatoms. The van der Waals surface area contributed by atoms with Crippen molar-refractivity contribution in [1.82, 2.24) is 4.98 Å². The molecule has 0 saturated heterocycles. The van der Waals surface area contributed by atoms with Gasteiger partial charge in [0.2, 0.25) is 5.78 Å². The first-order valence-corrected chi connectivity index (χ1v) is 7.58. The predicted molar refractivity (Wildman–Crippen MR) is 91.1 cm³/mol. The number of carboxylic acid groups (broad SMARTS) is 1. The highest BCUT2D eigenvalue weighted by molar-refractivity contribution is 6.30. The number of methoxy groups -OCH3 is 1. The van der Waals surface area contributed by atoms with Crippen LogP contribution in [0, 0.1) is 0 Å². The minimum Gasteiger partial charge on any atom is -0.495 e. The van der Waals surface area contributed by atoms with Crippen LogP contribution < -0.4 is 4.74 Å². The summed E-state index contributed by atoms with van der Waals surface area (Å²) < 4.78 is 5.29. The van der Waals surface area contributed by atoms with E-state index >= 15 is 0 Å². The molecule has 0 radical (unpaired) electrons. The molecule has 0 atom stereocenters. The second-order valence-corrected chi connectivity index (χ2v) is 5.70. The number of fused-ring (bicyclic) bond motifs is 1. The van der Waals surface area contributed by atoms with Crippen molar-refractivity contribution in [1.29, 1.82) is 0 Å². The Hall–Kier alpha value is -2.79. The van der Waals surface area contributed by atoms with E-state index in [9.17, 15) is 14.7 Å². The van der Waals surface area contributed by atoms with Gasteiger partial charge in [0.25, 0.3) is 0 Å². The van der Waals surface area contributed by atoms with E-state index in [-0.39, 0.29) is 17.9 Å². The van der Waals surface area contributed by atoms with Gasteiger partial charge in [-0.3, -0.25) is 9.59 Å². The van der Waals surface area contributed by atoms with Crippen LogP contribution in [0.15, 0.2) is 42.5 Å². The van der Waals surface area contributed by atoms with Crippen molar-refractivity contribution >= 4 is 34.3 Å². The van der Waals surface area contributed by atoms with Crippen LogP contribution in [-0.2, 0) is 11.2 Å². The Balaban J connectivity index is 2.20. The van der Waals surface area contributed by atoms with E-state index in [1.807, 2.05) is 0 Å². The van der Waals surface area contributed by atoms with Gasteiger partial charge in [0.15, 0.2) is 0 Å². The molecule has 1 heterocycles. The smallest absolute Gasteiger partial charge is 0.307 e. The molecule has 1 aromatic heterocycles. The summed E-state index contributed by atoms with van der Waals surface area (Å²) in [7, 11) is 1.52. The molecule has 3 aromatic rings. The standard InChI is InChI=1S/C18H14ClNO4/c1-24-14-4-2-3-12-13(9-15(21)22)17(20-16(12)14)18(23)10-5-7-11(19)8-6-10/h2-8,20H,9H2,1H3,(H,21,22). The van der Waals surface area contributed by atoms with Gasteiger partial charge in [0.1, 0.15) is 5.75 Å². The van der Waals surface area contributed by atoms with Gasteiger partial charge in [-0.1, -0.05) is 23.7 Å². The summed E-state index contributed by atoms with van der Waals surface area (Å²) in [5, 5.41) is 10.4. The molecule has 0 bridgehead atoms. The van der Waals surface area contributed by atoms with Crippen molar-refractivity contribution in [2.45, 2.75) is 6.42 Å². The van der Waals surface area contributed by atoms with Gasteiger partial charge in [-0.15, -0.1) is 0 Å². The van der Waals surface area contributed by atoms with E-state index in [4.69, 9.17) is 16.3 Å². The summed E-state index contributed by atoms with van der Waals surface area (Å²) in [5.74, 6) is -0.751. The van der Waals surface area contributed by atoms with Gasteiger partial charge in [-0.05, 0) is 30.3 Å². The number of ether oxygens (including phenoxy) is 1. The highest BCUT2D eigenvalue weighted by Crippen LogP contribution is 2.31. The molecule has 5 nitrogen and oxygen atoms in total. The lowest BCUT2D eigenvalue weighted by Crippen LogP contribution is -2.08. The number of H-pyrrole nitrogens is 1. The highest BCUT2D eigenvalue weighted by atomic mass is 35.5. The third-order valence-corrected chi connectivity index (χ3v) is 4.04. The SMILES string of the molecule is COc1cccc2c(CC(=O)O)c(C(=O)c3ccc(Cl)cc3)[nH]c12. The monoisotopic (exact) mass is 343 g/mol. The molecule has 24 heavy (non-hydrogen) atoms. The second kappa shape index (κ2) is 6.37. The number of aromatic nitrogens is 1. The van der Waals surface area contributed by atoms with Crippen molar-refractivity contribution in [3.8, 4) is 5.75 Å². The van der Waals surface area contributed by atoms with Crippen LogP contribution in [0.5, 0.6) is 5.75 Å². The molecule has 0 spiro atoms. The average Bonchev–Trinajstić information content (AvgIpc) is 2.93. The van der Waals surface area contributed by atoms with Gasteiger partial charge in [-0.25, -0.2) is 0 Å². The lowest BCUT2D eigenvalue weighted by atomic mass is 10.0. The van der Waals surface area contributed by atoms with Crippen molar-refractivity contribution in [3.05, 3.63) is 64.3 Å². The van der Waals surface area contributed by atoms with Crippen molar-refractivity contribution in [2.24, 2.45) is 0 Å². The molecule has 0 fully saturated rings. The van der Waals surface area contributed by atoms with Crippen LogP contribution in [0.2, 0.25) is 5.02 Å². The van der Waals surface area contributed by atoms with E-state index in [2.05, 4.69) is 4.98 Å². The molecule has 3 rings (SSSR count). The highest BCUT2D eigenvalue weighted by Gasteiger charge is 2.22. The molecule has 0 aliphatic rings. The largest absolute Gasteiger partial charge is 0.495 e. The first-order valence-electron chi connectivity index (χ1n) is 7.21. The quantitative estimate of drug-likeness (QED) is 0.692. The fraction of sp³-hybridized carbons (Fsp3) is 0.111. The van der Waals surface area contributed by atoms with Crippen LogP contribution in [0.3, 0.4) is 0 Å². The number of hydrogen-bond donors (Lipinski definition) is 2. The number of carbonyl (C=O) groups is 2. The summed E-state index contributed by atoms with van der Waals surface area (Å²) in [5.41, 5.74) is 1.72. The Morgan fingerprint density at radius 1 is 1.17 bits per heavy atom. The first kappa shape index (κ1) is 16.1.